The maximum Gasteiger partial charge on any atom is 0.317 e. The number of nitrogens with zero attached hydrogens (tertiary/aromatic N) is 5. The average Bonchev–Trinajstić information content (AvgIpc) is 3.54. The van der Waals surface area contributed by atoms with E-state index in [0.29, 0.717) is 11.5 Å². The lowest BCUT2D eigenvalue weighted by atomic mass is 10.1. The van der Waals surface area contributed by atoms with Crippen LogP contribution in [-0.4, -0.2) is 41.3 Å². The summed E-state index contributed by atoms with van der Waals surface area (Å²) in [6.45, 7) is 0. The number of hydrogen-bond acceptors (Lipinski definition) is 6. The number of rotatable bonds is 5. The second kappa shape index (κ2) is 8.55. The summed E-state index contributed by atoms with van der Waals surface area (Å²) in [5, 5.41) is 18.3. The van der Waals surface area contributed by atoms with Gasteiger partial charge < -0.3 is 5.11 Å². The fourth-order valence-electron chi connectivity index (χ4n) is 3.43. The molecule has 5 rings (SSSR count). The third-order valence-electron chi connectivity index (χ3n) is 5.09. The third kappa shape index (κ3) is 3.86. The number of carbonyl (C=O) groups is 2. The van der Waals surface area contributed by atoms with E-state index in [0.717, 1.165) is 34.6 Å². The van der Waals surface area contributed by atoms with E-state index in [1.54, 1.807) is 4.68 Å². The Kier molecular flexibility index (Phi) is 5.27. The summed E-state index contributed by atoms with van der Waals surface area (Å²) in [4.78, 5) is 30.2. The number of aromatic hydroxyl groups is 1. The van der Waals surface area contributed by atoms with Crippen molar-refractivity contribution in [3.05, 3.63) is 114 Å². The number of halogens is 1. The Hall–Kier alpha value is -4.92. The Morgan fingerprint density at radius 2 is 1.62 bits per heavy atom. The number of aromatic nitrogens is 5. The van der Waals surface area contributed by atoms with Gasteiger partial charge in [0.05, 0.1) is 23.0 Å². The Labute approximate surface area is 192 Å². The van der Waals surface area contributed by atoms with Gasteiger partial charge in [-0.05, 0) is 30.3 Å². The van der Waals surface area contributed by atoms with Crippen LogP contribution in [-0.2, 0) is 0 Å². The van der Waals surface area contributed by atoms with Gasteiger partial charge in [-0.15, -0.1) is 5.10 Å². The molecule has 3 aromatic carbocycles. The van der Waals surface area contributed by atoms with Crippen molar-refractivity contribution >= 4 is 11.7 Å². The average molecular weight is 453 g/mol. The maximum atomic E-state index is 13.5. The summed E-state index contributed by atoms with van der Waals surface area (Å²) in [5.41, 5.74) is 1.24. The highest BCUT2D eigenvalue weighted by atomic mass is 19.1. The molecule has 0 spiro atoms. The van der Waals surface area contributed by atoms with Gasteiger partial charge in [-0.3, -0.25) is 9.59 Å². The van der Waals surface area contributed by atoms with Crippen LogP contribution < -0.4 is 0 Å². The molecule has 0 atom stereocenters. The van der Waals surface area contributed by atoms with Crippen molar-refractivity contribution in [3.63, 3.8) is 0 Å². The fourth-order valence-corrected chi connectivity index (χ4v) is 3.43. The Morgan fingerprint density at radius 1 is 0.912 bits per heavy atom. The van der Waals surface area contributed by atoms with Crippen LogP contribution in [0.5, 0.6) is 5.75 Å². The summed E-state index contributed by atoms with van der Waals surface area (Å²) >= 11 is 0. The van der Waals surface area contributed by atoms with E-state index in [2.05, 4.69) is 15.2 Å². The van der Waals surface area contributed by atoms with Gasteiger partial charge in [-0.25, -0.2) is 18.7 Å². The van der Waals surface area contributed by atoms with E-state index in [4.69, 9.17) is 0 Å². The van der Waals surface area contributed by atoms with Gasteiger partial charge in [0, 0.05) is 11.8 Å². The van der Waals surface area contributed by atoms with Crippen LogP contribution >= 0.6 is 0 Å². The van der Waals surface area contributed by atoms with Crippen LogP contribution in [0, 0.1) is 5.82 Å². The molecule has 0 amide bonds. The number of benzene rings is 3. The van der Waals surface area contributed by atoms with Crippen LogP contribution in [0.1, 0.15) is 26.5 Å². The van der Waals surface area contributed by atoms with Gasteiger partial charge in [0.15, 0.2) is 11.6 Å². The minimum atomic E-state index is -0.677. The number of phenolic OH excluding ortho intramolecular Hbond substituents is 1. The van der Waals surface area contributed by atoms with E-state index in [-0.39, 0.29) is 22.7 Å². The molecule has 1 N–H and O–H groups in total. The largest absolute Gasteiger partial charge is 0.507 e. The topological polar surface area (TPSA) is 103 Å². The van der Waals surface area contributed by atoms with Crippen LogP contribution in [0.25, 0.3) is 17.1 Å². The Balaban J connectivity index is 1.51. The number of hydrogen-bond donors (Lipinski definition) is 1. The first-order valence-electron chi connectivity index (χ1n) is 10.2. The molecule has 9 heteroatoms. The van der Waals surface area contributed by atoms with Crippen LogP contribution in [0.3, 0.4) is 0 Å². The third-order valence-corrected chi connectivity index (χ3v) is 5.09. The van der Waals surface area contributed by atoms with Crippen molar-refractivity contribution in [1.82, 2.24) is 24.5 Å². The van der Waals surface area contributed by atoms with Crippen LogP contribution in [0.2, 0.25) is 0 Å². The van der Waals surface area contributed by atoms with Crippen molar-refractivity contribution in [2.24, 2.45) is 0 Å². The summed E-state index contributed by atoms with van der Waals surface area (Å²) in [5.74, 6) is -2.05. The molecule has 5 aromatic rings. The monoisotopic (exact) mass is 453 g/mol. The van der Waals surface area contributed by atoms with E-state index in [9.17, 15) is 19.1 Å². The van der Waals surface area contributed by atoms with Gasteiger partial charge in [-0.2, -0.15) is 5.10 Å². The summed E-state index contributed by atoms with van der Waals surface area (Å²) < 4.78 is 16.0. The predicted molar refractivity (Wildman–Crippen MR) is 120 cm³/mol. The van der Waals surface area contributed by atoms with E-state index in [1.165, 1.54) is 6.20 Å². The zero-order valence-electron chi connectivity index (χ0n) is 17.5. The molecule has 2 aromatic heterocycles. The van der Waals surface area contributed by atoms with Crippen molar-refractivity contribution in [2.45, 2.75) is 0 Å². The lowest BCUT2D eigenvalue weighted by Gasteiger charge is -2.05. The second-order valence-electron chi connectivity index (χ2n) is 7.34. The molecule has 0 fully saturated rings. The first kappa shape index (κ1) is 21.0. The molecule has 166 valence electrons. The number of para-hydroxylation sites is 1. The van der Waals surface area contributed by atoms with Crippen LogP contribution in [0.4, 0.5) is 4.39 Å². The van der Waals surface area contributed by atoms with Gasteiger partial charge in [0.1, 0.15) is 11.6 Å². The molecule has 0 aliphatic rings. The van der Waals surface area contributed by atoms with Gasteiger partial charge in [0.2, 0.25) is 5.82 Å². The summed E-state index contributed by atoms with van der Waals surface area (Å²) in [6.07, 6.45) is 2.36. The zero-order valence-corrected chi connectivity index (χ0v) is 17.5. The van der Waals surface area contributed by atoms with Gasteiger partial charge in [0.25, 0.3) is 0 Å². The Morgan fingerprint density at radius 3 is 2.35 bits per heavy atom. The second-order valence-corrected chi connectivity index (χ2v) is 7.34. The normalized spacial score (nSPS) is 10.9. The first-order chi connectivity index (χ1) is 16.5. The number of carbonyl (C=O) groups excluding carboxylic acids is 2. The quantitative estimate of drug-likeness (QED) is 0.405. The van der Waals surface area contributed by atoms with E-state index < -0.39 is 17.5 Å². The number of phenols is 1. The van der Waals surface area contributed by atoms with Gasteiger partial charge in [-0.1, -0.05) is 48.5 Å². The molecule has 0 saturated carbocycles. The smallest absolute Gasteiger partial charge is 0.317 e. The van der Waals surface area contributed by atoms with Crippen LogP contribution in [0.15, 0.2) is 91.3 Å². The van der Waals surface area contributed by atoms with Gasteiger partial charge >= 0.3 is 5.91 Å². The molecule has 0 saturated heterocycles. The van der Waals surface area contributed by atoms with E-state index >= 15 is 0 Å². The minimum absolute atomic E-state index is 0.0000230. The molecule has 34 heavy (non-hydrogen) atoms. The predicted octanol–water partition coefficient (Wildman–Crippen LogP) is 3.90. The zero-order chi connectivity index (χ0) is 23.7. The number of ketones is 1. The lowest BCUT2D eigenvalue weighted by molar-refractivity contribution is 0.0934. The lowest BCUT2D eigenvalue weighted by Crippen LogP contribution is -2.15. The van der Waals surface area contributed by atoms with Crippen molar-refractivity contribution in [2.75, 3.05) is 0 Å². The molecule has 0 aliphatic heterocycles. The fraction of sp³-hybridized carbons (Fsp3) is 0. The highest BCUT2D eigenvalue weighted by molar-refractivity contribution is 6.10. The molecular weight excluding hydrogens is 437 g/mol. The van der Waals surface area contributed by atoms with Crippen molar-refractivity contribution in [3.8, 4) is 22.8 Å². The molecule has 0 aliphatic carbocycles. The summed E-state index contributed by atoms with van der Waals surface area (Å²) in [7, 11) is 0. The molecule has 8 nitrogen and oxygen atoms in total. The van der Waals surface area contributed by atoms with Crippen molar-refractivity contribution in [1.29, 1.82) is 0 Å². The molecule has 0 unspecified atom stereocenters. The van der Waals surface area contributed by atoms with Crippen molar-refractivity contribution < 1.29 is 19.1 Å². The summed E-state index contributed by atoms with van der Waals surface area (Å²) in [6, 6.07) is 21.6. The first-order valence-corrected chi connectivity index (χ1v) is 10.2. The minimum Gasteiger partial charge on any atom is -0.507 e. The highest BCUT2D eigenvalue weighted by Crippen LogP contribution is 2.23. The van der Waals surface area contributed by atoms with E-state index in [1.807, 2.05) is 60.7 Å². The SMILES string of the molecule is O=C(c1cnn(C(=O)c2nc(-c3ccccc3)n(-c3ccccc3)n2)c1)c1cc(F)ccc1O. The molecular formula is C25H16FN5O3. The molecule has 0 radical (unpaired) electrons. The molecule has 0 bridgehead atoms. The molecule has 2 heterocycles. The Bertz CT molecular complexity index is 1450. The standard InChI is InChI=1S/C25H16FN5O3/c26-18-11-12-21(32)20(13-18)22(33)17-14-27-30(15-17)25(34)23-28-24(16-7-3-1-4-8-16)31(29-23)19-9-5-2-6-10-19/h1-15,32H. The highest BCUT2D eigenvalue weighted by Gasteiger charge is 2.23. The maximum absolute atomic E-state index is 13.5.